The molecule has 37 heavy (non-hydrogen) atoms. The Morgan fingerprint density at radius 3 is 1.70 bits per heavy atom. The highest BCUT2D eigenvalue weighted by Crippen LogP contribution is 2.29. The molecule has 0 bridgehead atoms. The standard InChI is InChI=1S/C11H16N4O4.C10H13N3O3.C2H6/c1-13-8(12)6-9(16)15(11(13)18)7-10(17)14-2-4-19-5-3-14;1-12-8(11)4-9(15)13(10(12)16)5-7(14)6-2-3-6;1-2/h6H,2-5,7,12H2,1H3;4,6H,2-3,5,11H2,1H3;1-2H3. The molecule has 2 fully saturated rings. The van der Waals surface area contributed by atoms with Gasteiger partial charge >= 0.3 is 11.4 Å². The number of rotatable bonds is 5. The molecule has 0 aromatic carbocycles. The lowest BCUT2D eigenvalue weighted by molar-refractivity contribution is -0.136. The van der Waals surface area contributed by atoms with Gasteiger partial charge in [-0.2, -0.15) is 0 Å². The Morgan fingerprint density at radius 2 is 1.27 bits per heavy atom. The number of ether oxygens (including phenoxy) is 1. The average molecular weight is 522 g/mol. The number of carbonyl (C=O) groups is 2. The van der Waals surface area contributed by atoms with Crippen LogP contribution < -0.4 is 34.0 Å². The van der Waals surface area contributed by atoms with Crippen LogP contribution in [0.15, 0.2) is 31.3 Å². The Labute approximate surface area is 212 Å². The van der Waals surface area contributed by atoms with Crippen molar-refractivity contribution in [2.45, 2.75) is 39.8 Å². The Kier molecular flexibility index (Phi) is 10.2. The number of hydrogen-bond donors (Lipinski definition) is 2. The molecule has 1 aliphatic carbocycles. The summed E-state index contributed by atoms with van der Waals surface area (Å²) >= 11 is 0. The molecule has 0 radical (unpaired) electrons. The maximum absolute atomic E-state index is 12.0. The first-order chi connectivity index (χ1) is 17.5. The highest BCUT2D eigenvalue weighted by molar-refractivity contribution is 5.82. The van der Waals surface area contributed by atoms with Gasteiger partial charge in [0.15, 0.2) is 5.78 Å². The maximum Gasteiger partial charge on any atom is 0.332 e. The Bertz CT molecular complexity index is 1360. The highest BCUT2D eigenvalue weighted by atomic mass is 16.5. The number of anilines is 2. The second kappa shape index (κ2) is 12.9. The lowest BCUT2D eigenvalue weighted by atomic mass is 10.2. The van der Waals surface area contributed by atoms with Crippen LogP contribution in [0.2, 0.25) is 0 Å². The summed E-state index contributed by atoms with van der Waals surface area (Å²) in [6, 6.07) is 2.29. The number of nitrogens with two attached hydrogens (primary N) is 2. The van der Waals surface area contributed by atoms with Gasteiger partial charge in [0.2, 0.25) is 5.91 Å². The van der Waals surface area contributed by atoms with Crippen molar-refractivity contribution < 1.29 is 14.3 Å². The smallest absolute Gasteiger partial charge is 0.332 e. The van der Waals surface area contributed by atoms with Gasteiger partial charge in [-0.1, -0.05) is 13.8 Å². The van der Waals surface area contributed by atoms with Gasteiger partial charge in [-0.25, -0.2) is 9.59 Å². The Morgan fingerprint density at radius 1 is 0.838 bits per heavy atom. The average Bonchev–Trinajstić information content (AvgIpc) is 3.74. The van der Waals surface area contributed by atoms with E-state index in [0.717, 1.165) is 43.2 Å². The van der Waals surface area contributed by atoms with E-state index < -0.39 is 22.5 Å². The van der Waals surface area contributed by atoms with Gasteiger partial charge in [0, 0.05) is 45.2 Å². The zero-order valence-corrected chi connectivity index (χ0v) is 21.6. The minimum atomic E-state index is -0.591. The second-order valence-electron chi connectivity index (χ2n) is 8.40. The monoisotopic (exact) mass is 521 g/mol. The molecule has 2 aromatic heterocycles. The molecule has 0 unspecified atom stereocenters. The van der Waals surface area contributed by atoms with Gasteiger partial charge in [-0.05, 0) is 12.8 Å². The summed E-state index contributed by atoms with van der Waals surface area (Å²) in [7, 11) is 2.92. The number of nitrogens with zero attached hydrogens (tertiary/aromatic N) is 5. The summed E-state index contributed by atoms with van der Waals surface area (Å²) in [6.07, 6.45) is 1.73. The topological polar surface area (TPSA) is 187 Å². The van der Waals surface area contributed by atoms with Gasteiger partial charge in [0.05, 0.1) is 19.8 Å². The van der Waals surface area contributed by atoms with Gasteiger partial charge in [-0.15, -0.1) is 0 Å². The zero-order valence-electron chi connectivity index (χ0n) is 21.6. The van der Waals surface area contributed by atoms with Crippen molar-refractivity contribution in [2.75, 3.05) is 37.8 Å². The molecule has 4 rings (SSSR count). The van der Waals surface area contributed by atoms with Crippen molar-refractivity contribution in [3.05, 3.63) is 53.8 Å². The van der Waals surface area contributed by atoms with Crippen molar-refractivity contribution in [1.29, 1.82) is 0 Å². The van der Waals surface area contributed by atoms with Crippen molar-refractivity contribution in [1.82, 2.24) is 23.2 Å². The lowest BCUT2D eigenvalue weighted by Gasteiger charge is -2.26. The molecule has 14 heteroatoms. The molecule has 1 saturated carbocycles. The number of Topliss-reactive ketones (excluding diaryl/α,β-unsaturated/α-hetero) is 1. The minimum Gasteiger partial charge on any atom is -0.385 e. The summed E-state index contributed by atoms with van der Waals surface area (Å²) in [5, 5.41) is 0. The Balaban J connectivity index is 0.000000247. The second-order valence-corrected chi connectivity index (χ2v) is 8.40. The summed E-state index contributed by atoms with van der Waals surface area (Å²) < 4.78 is 9.24. The first-order valence-corrected chi connectivity index (χ1v) is 12.0. The van der Waals surface area contributed by atoms with Crippen molar-refractivity contribution in [2.24, 2.45) is 20.0 Å². The van der Waals surface area contributed by atoms with Crippen LogP contribution >= 0.6 is 0 Å². The Hall–Kier alpha value is -3.94. The molecule has 3 heterocycles. The van der Waals surface area contributed by atoms with Gasteiger partial charge in [0.25, 0.3) is 11.1 Å². The molecule has 4 N–H and O–H groups in total. The van der Waals surface area contributed by atoms with Crippen LogP contribution in [-0.4, -0.2) is 61.2 Å². The zero-order chi connectivity index (χ0) is 27.9. The first kappa shape index (κ1) is 29.3. The van der Waals surface area contributed by atoms with E-state index in [-0.39, 0.29) is 42.3 Å². The van der Waals surface area contributed by atoms with Crippen molar-refractivity contribution in [3.8, 4) is 0 Å². The van der Waals surface area contributed by atoms with E-state index in [1.807, 2.05) is 13.8 Å². The number of carbonyl (C=O) groups excluding carboxylic acids is 2. The van der Waals surface area contributed by atoms with Crippen molar-refractivity contribution >= 4 is 23.3 Å². The molecular formula is C23H35N7O7. The van der Waals surface area contributed by atoms with Crippen LogP contribution in [0.1, 0.15) is 26.7 Å². The number of hydrogen-bond acceptors (Lipinski definition) is 9. The summed E-state index contributed by atoms with van der Waals surface area (Å²) in [5.41, 5.74) is 8.74. The molecule has 2 aliphatic rings. The fourth-order valence-electron chi connectivity index (χ4n) is 3.40. The fraction of sp³-hybridized carbons (Fsp3) is 0.565. The van der Waals surface area contributed by atoms with E-state index in [9.17, 15) is 28.8 Å². The number of morpholine rings is 1. The molecule has 2 aromatic rings. The van der Waals surface area contributed by atoms with Crippen LogP contribution in [0.4, 0.5) is 11.6 Å². The van der Waals surface area contributed by atoms with Crippen LogP contribution in [0.5, 0.6) is 0 Å². The molecular weight excluding hydrogens is 486 g/mol. The number of amides is 1. The van der Waals surface area contributed by atoms with Gasteiger partial charge in [0.1, 0.15) is 18.2 Å². The number of ketones is 1. The van der Waals surface area contributed by atoms with E-state index in [2.05, 4.69) is 0 Å². The highest BCUT2D eigenvalue weighted by Gasteiger charge is 2.30. The largest absolute Gasteiger partial charge is 0.385 e. The van der Waals surface area contributed by atoms with E-state index >= 15 is 0 Å². The molecule has 0 spiro atoms. The van der Waals surface area contributed by atoms with Crippen LogP contribution in [0.3, 0.4) is 0 Å². The maximum atomic E-state index is 12.0. The fourth-order valence-corrected chi connectivity index (χ4v) is 3.40. The molecule has 204 valence electrons. The van der Waals surface area contributed by atoms with Crippen LogP contribution in [0, 0.1) is 5.92 Å². The number of aromatic nitrogens is 4. The normalized spacial score (nSPS) is 14.6. The minimum absolute atomic E-state index is 0.0363. The SMILES string of the molecule is CC.Cn1c(N)cc(=O)n(CC(=O)C2CC2)c1=O.Cn1c(N)cc(=O)n(CC(=O)N2CCOCC2)c1=O. The predicted octanol–water partition coefficient (Wildman–Crippen LogP) is -1.88. The molecule has 0 atom stereocenters. The van der Waals surface area contributed by atoms with Gasteiger partial charge in [-0.3, -0.25) is 37.4 Å². The summed E-state index contributed by atoms with van der Waals surface area (Å²) in [5.74, 6) is -0.111. The van der Waals surface area contributed by atoms with E-state index in [0.29, 0.717) is 26.3 Å². The summed E-state index contributed by atoms with van der Waals surface area (Å²) in [4.78, 5) is 71.9. The van der Waals surface area contributed by atoms with Gasteiger partial charge < -0.3 is 21.1 Å². The van der Waals surface area contributed by atoms with E-state index in [4.69, 9.17) is 16.2 Å². The summed E-state index contributed by atoms with van der Waals surface area (Å²) in [6.45, 7) is 5.48. The third kappa shape index (κ3) is 7.29. The van der Waals surface area contributed by atoms with Crippen molar-refractivity contribution in [3.63, 3.8) is 0 Å². The quantitative estimate of drug-likeness (QED) is 0.454. The van der Waals surface area contributed by atoms with Crippen LogP contribution in [0.25, 0.3) is 0 Å². The van der Waals surface area contributed by atoms with E-state index in [1.165, 1.54) is 14.1 Å². The molecule has 14 nitrogen and oxygen atoms in total. The molecule has 1 saturated heterocycles. The van der Waals surface area contributed by atoms with Crippen LogP contribution in [-0.2, 0) is 41.5 Å². The third-order valence-corrected chi connectivity index (χ3v) is 5.89. The predicted molar refractivity (Wildman–Crippen MR) is 137 cm³/mol. The first-order valence-electron chi connectivity index (χ1n) is 12.0. The van der Waals surface area contributed by atoms with E-state index in [1.54, 1.807) is 4.90 Å². The lowest BCUT2D eigenvalue weighted by Crippen LogP contribution is -2.47. The third-order valence-electron chi connectivity index (χ3n) is 5.89. The molecule has 1 amide bonds. The molecule has 1 aliphatic heterocycles. The number of nitrogen functional groups attached to an aromatic ring is 2.